The lowest BCUT2D eigenvalue weighted by Crippen LogP contribution is -2.41. The van der Waals surface area contributed by atoms with E-state index in [2.05, 4.69) is 4.72 Å². The van der Waals surface area contributed by atoms with Crippen LogP contribution >= 0.6 is 0 Å². The van der Waals surface area contributed by atoms with Crippen molar-refractivity contribution in [3.8, 4) is 0 Å². The van der Waals surface area contributed by atoms with E-state index >= 15 is 0 Å². The number of rotatable bonds is 5. The zero-order valence-corrected chi connectivity index (χ0v) is 16.9. The summed E-state index contributed by atoms with van der Waals surface area (Å²) in [5.41, 5.74) is 1.82. The molecule has 3 rings (SSSR count). The second-order valence-corrected chi connectivity index (χ2v) is 9.07. The minimum atomic E-state index is -3.57. The Kier molecular flexibility index (Phi) is 6.15. The summed E-state index contributed by atoms with van der Waals surface area (Å²) < 4.78 is 41.7. The fourth-order valence-electron chi connectivity index (χ4n) is 3.55. The van der Waals surface area contributed by atoms with E-state index in [-0.39, 0.29) is 17.4 Å². The predicted octanol–water partition coefficient (Wildman–Crippen LogP) is 3.27. The van der Waals surface area contributed by atoms with Gasteiger partial charge in [-0.25, -0.2) is 17.5 Å². The Morgan fingerprint density at radius 3 is 2.46 bits per heavy atom. The third-order valence-electron chi connectivity index (χ3n) is 5.19. The quantitative estimate of drug-likeness (QED) is 0.832. The van der Waals surface area contributed by atoms with Crippen LogP contribution in [0.15, 0.2) is 47.4 Å². The average molecular weight is 405 g/mol. The van der Waals surface area contributed by atoms with Crippen molar-refractivity contribution in [2.75, 3.05) is 19.6 Å². The molecule has 1 aliphatic rings. The summed E-state index contributed by atoms with van der Waals surface area (Å²) in [6.45, 7) is 5.02. The van der Waals surface area contributed by atoms with Gasteiger partial charge in [0.25, 0.3) is 5.91 Å². The molecular weight excluding hydrogens is 379 g/mol. The molecule has 150 valence electrons. The number of hydrogen-bond acceptors (Lipinski definition) is 3. The number of likely N-dealkylation sites (tertiary alicyclic amines) is 1. The number of nitrogens with zero attached hydrogens (tertiary/aromatic N) is 1. The van der Waals surface area contributed by atoms with E-state index in [0.717, 1.165) is 11.1 Å². The summed E-state index contributed by atoms with van der Waals surface area (Å²) in [5, 5.41) is 0. The van der Waals surface area contributed by atoms with Gasteiger partial charge >= 0.3 is 0 Å². The molecule has 1 aliphatic heterocycles. The lowest BCUT2D eigenvalue weighted by atomic mass is 9.96. The molecule has 2 aromatic rings. The van der Waals surface area contributed by atoms with Crippen molar-refractivity contribution in [1.29, 1.82) is 0 Å². The maximum absolute atomic E-state index is 13.8. The van der Waals surface area contributed by atoms with Crippen molar-refractivity contribution >= 4 is 15.9 Å². The number of sulfonamides is 1. The Labute approximate surface area is 165 Å². The second-order valence-electron chi connectivity index (χ2n) is 7.34. The summed E-state index contributed by atoms with van der Waals surface area (Å²) in [4.78, 5) is 14.4. The van der Waals surface area contributed by atoms with Crippen LogP contribution in [0.25, 0.3) is 0 Å². The van der Waals surface area contributed by atoms with Crippen LogP contribution in [0, 0.1) is 25.6 Å². The third-order valence-corrected chi connectivity index (χ3v) is 6.77. The van der Waals surface area contributed by atoms with Gasteiger partial charge in [-0.1, -0.05) is 29.8 Å². The number of carbonyl (C=O) groups excluding carboxylic acids is 1. The lowest BCUT2D eigenvalue weighted by Gasteiger charge is -2.32. The predicted molar refractivity (Wildman–Crippen MR) is 106 cm³/mol. The molecule has 1 heterocycles. The number of piperidine rings is 1. The van der Waals surface area contributed by atoms with Crippen LogP contribution in [0.5, 0.6) is 0 Å². The fourth-order valence-corrected chi connectivity index (χ4v) is 4.89. The Morgan fingerprint density at radius 2 is 1.82 bits per heavy atom. The third kappa shape index (κ3) is 4.59. The van der Waals surface area contributed by atoms with Crippen molar-refractivity contribution in [1.82, 2.24) is 9.62 Å². The smallest absolute Gasteiger partial charge is 0.256 e. The Morgan fingerprint density at radius 1 is 1.14 bits per heavy atom. The molecule has 28 heavy (non-hydrogen) atoms. The molecule has 1 saturated heterocycles. The number of benzene rings is 2. The van der Waals surface area contributed by atoms with Gasteiger partial charge in [0.1, 0.15) is 5.82 Å². The second kappa shape index (κ2) is 8.41. The highest BCUT2D eigenvalue weighted by molar-refractivity contribution is 7.89. The molecule has 2 aromatic carbocycles. The van der Waals surface area contributed by atoms with Crippen LogP contribution in [0.3, 0.4) is 0 Å². The van der Waals surface area contributed by atoms with E-state index in [1.165, 1.54) is 12.1 Å². The number of halogens is 1. The fraction of sp³-hybridized carbons (Fsp3) is 0.381. The number of nitrogens with one attached hydrogen (secondary N) is 1. The first-order valence-corrected chi connectivity index (χ1v) is 10.9. The first kappa shape index (κ1) is 20.5. The minimum absolute atomic E-state index is 0.0801. The monoisotopic (exact) mass is 404 g/mol. The van der Waals surface area contributed by atoms with Crippen LogP contribution in [-0.2, 0) is 10.0 Å². The van der Waals surface area contributed by atoms with Gasteiger partial charge in [0.15, 0.2) is 0 Å². The summed E-state index contributed by atoms with van der Waals surface area (Å²) in [6, 6.07) is 11.2. The van der Waals surface area contributed by atoms with E-state index in [4.69, 9.17) is 0 Å². The van der Waals surface area contributed by atoms with Crippen molar-refractivity contribution in [2.24, 2.45) is 5.92 Å². The van der Waals surface area contributed by atoms with E-state index in [9.17, 15) is 17.6 Å². The molecule has 0 radical (unpaired) electrons. The highest BCUT2D eigenvalue weighted by Gasteiger charge is 2.26. The highest BCUT2D eigenvalue weighted by atomic mass is 32.2. The van der Waals surface area contributed by atoms with Crippen molar-refractivity contribution < 1.29 is 17.6 Å². The Balaban J connectivity index is 1.56. The summed E-state index contributed by atoms with van der Waals surface area (Å²) >= 11 is 0. The van der Waals surface area contributed by atoms with Crippen LogP contribution < -0.4 is 4.72 Å². The molecule has 0 saturated carbocycles. The molecule has 0 spiro atoms. The van der Waals surface area contributed by atoms with Crippen molar-refractivity contribution in [3.63, 3.8) is 0 Å². The summed E-state index contributed by atoms with van der Waals surface area (Å²) in [6.07, 6.45) is 1.35. The number of hydrogen-bond donors (Lipinski definition) is 1. The number of aryl methyl sites for hydroxylation is 2. The molecule has 1 N–H and O–H groups in total. The van der Waals surface area contributed by atoms with E-state index in [1.807, 2.05) is 13.0 Å². The van der Waals surface area contributed by atoms with Gasteiger partial charge in [-0.3, -0.25) is 4.79 Å². The van der Waals surface area contributed by atoms with E-state index in [0.29, 0.717) is 37.4 Å². The zero-order valence-electron chi connectivity index (χ0n) is 16.1. The zero-order chi connectivity index (χ0) is 20.3. The van der Waals surface area contributed by atoms with Gasteiger partial charge in [0.05, 0.1) is 10.5 Å². The molecule has 1 fully saturated rings. The molecular formula is C21H25FN2O3S. The topological polar surface area (TPSA) is 66.5 Å². The molecule has 0 aromatic heterocycles. The largest absolute Gasteiger partial charge is 0.339 e. The minimum Gasteiger partial charge on any atom is -0.339 e. The van der Waals surface area contributed by atoms with Crippen LogP contribution in [0.2, 0.25) is 0 Å². The number of carbonyl (C=O) groups is 1. The summed E-state index contributed by atoms with van der Waals surface area (Å²) in [7, 11) is -3.57. The van der Waals surface area contributed by atoms with Crippen LogP contribution in [0.4, 0.5) is 4.39 Å². The molecule has 5 nitrogen and oxygen atoms in total. The van der Waals surface area contributed by atoms with Gasteiger partial charge in [0, 0.05) is 19.6 Å². The highest BCUT2D eigenvalue weighted by Crippen LogP contribution is 2.21. The standard InChI is InChI=1S/C21H25FN2O3S/c1-15-7-8-20(16(2)13-15)28(26,27)23-14-17-9-11-24(12-10-17)21(25)18-5-3-4-6-19(18)22/h3-8,13,17,23H,9-12,14H2,1-2H3. The first-order valence-electron chi connectivity index (χ1n) is 9.38. The van der Waals surface area contributed by atoms with Crippen LogP contribution in [-0.4, -0.2) is 38.9 Å². The van der Waals surface area contributed by atoms with Gasteiger partial charge in [-0.05, 0) is 56.4 Å². The number of amides is 1. The normalized spacial score (nSPS) is 15.6. The van der Waals surface area contributed by atoms with Crippen LogP contribution in [0.1, 0.15) is 34.3 Å². The molecule has 0 bridgehead atoms. The van der Waals surface area contributed by atoms with Crippen molar-refractivity contribution in [3.05, 3.63) is 65.0 Å². The first-order chi connectivity index (χ1) is 13.3. The average Bonchev–Trinajstić information content (AvgIpc) is 2.66. The van der Waals surface area contributed by atoms with Gasteiger partial charge < -0.3 is 4.90 Å². The molecule has 0 atom stereocenters. The van der Waals surface area contributed by atoms with Gasteiger partial charge in [-0.2, -0.15) is 0 Å². The molecule has 0 unspecified atom stereocenters. The Hall–Kier alpha value is -2.25. The molecule has 7 heteroatoms. The Bertz CT molecular complexity index is 967. The molecule has 0 aliphatic carbocycles. The maximum Gasteiger partial charge on any atom is 0.256 e. The molecule has 1 amide bonds. The van der Waals surface area contributed by atoms with E-state index < -0.39 is 15.8 Å². The van der Waals surface area contributed by atoms with Crippen molar-refractivity contribution in [2.45, 2.75) is 31.6 Å². The van der Waals surface area contributed by atoms with E-state index in [1.54, 1.807) is 36.1 Å². The maximum atomic E-state index is 13.8. The lowest BCUT2D eigenvalue weighted by molar-refractivity contribution is 0.0687. The summed E-state index contributed by atoms with van der Waals surface area (Å²) in [5.74, 6) is -0.687. The van der Waals surface area contributed by atoms with Gasteiger partial charge in [0.2, 0.25) is 10.0 Å². The van der Waals surface area contributed by atoms with Gasteiger partial charge in [-0.15, -0.1) is 0 Å². The SMILES string of the molecule is Cc1ccc(S(=O)(=O)NCC2CCN(C(=O)c3ccccc3F)CC2)c(C)c1.